The first-order valence-corrected chi connectivity index (χ1v) is 12.3. The average Bonchev–Trinajstić information content (AvgIpc) is 2.95. The zero-order valence-corrected chi connectivity index (χ0v) is 21.5. The van der Waals surface area contributed by atoms with Gasteiger partial charge in [-0.05, 0) is 74.0 Å². The molecule has 8 heteroatoms. The quantitative estimate of drug-likeness (QED) is 0.129. The first-order valence-electron chi connectivity index (χ1n) is 12.3. The van der Waals surface area contributed by atoms with E-state index in [1.807, 2.05) is 26.0 Å². The predicted octanol–water partition coefficient (Wildman–Crippen LogP) is 5.63. The van der Waals surface area contributed by atoms with Gasteiger partial charge in [-0.3, -0.25) is 9.59 Å². The summed E-state index contributed by atoms with van der Waals surface area (Å²) in [4.78, 5) is 38.0. The first kappa shape index (κ1) is 26.8. The summed E-state index contributed by atoms with van der Waals surface area (Å²) >= 11 is 0. The van der Waals surface area contributed by atoms with Gasteiger partial charge in [-0.1, -0.05) is 48.0 Å². The van der Waals surface area contributed by atoms with Gasteiger partial charge in [0.1, 0.15) is 0 Å². The van der Waals surface area contributed by atoms with Crippen molar-refractivity contribution in [2.24, 2.45) is 5.10 Å². The highest BCUT2D eigenvalue weighted by atomic mass is 16.6. The van der Waals surface area contributed by atoms with Gasteiger partial charge in [-0.15, -0.1) is 0 Å². The summed E-state index contributed by atoms with van der Waals surface area (Å²) in [6.07, 6.45) is 1.44. The van der Waals surface area contributed by atoms with Gasteiger partial charge in [-0.25, -0.2) is 10.2 Å². The second kappa shape index (κ2) is 12.8. The lowest BCUT2D eigenvalue weighted by Crippen LogP contribution is -2.21. The fourth-order valence-corrected chi connectivity index (χ4v) is 3.69. The molecule has 39 heavy (non-hydrogen) atoms. The van der Waals surface area contributed by atoms with Gasteiger partial charge in [0.25, 0.3) is 11.8 Å². The van der Waals surface area contributed by atoms with Gasteiger partial charge in [0.2, 0.25) is 0 Å². The maximum Gasteiger partial charge on any atom is 0.343 e. The normalized spacial score (nSPS) is 10.6. The van der Waals surface area contributed by atoms with E-state index < -0.39 is 11.9 Å². The summed E-state index contributed by atoms with van der Waals surface area (Å²) in [5.41, 5.74) is 5.58. The van der Waals surface area contributed by atoms with Crippen LogP contribution in [0.2, 0.25) is 0 Å². The van der Waals surface area contributed by atoms with Crippen molar-refractivity contribution in [2.75, 3.05) is 11.9 Å². The zero-order chi connectivity index (χ0) is 27.6. The minimum Gasteiger partial charge on any atom is -0.490 e. The number of carbonyl (C=O) groups excluding carboxylic acids is 3. The molecule has 0 aliphatic carbocycles. The number of hydrogen-bond acceptors (Lipinski definition) is 6. The van der Waals surface area contributed by atoms with E-state index in [0.717, 1.165) is 5.56 Å². The minimum absolute atomic E-state index is 0.258. The molecule has 0 spiro atoms. The lowest BCUT2D eigenvalue weighted by Gasteiger charge is -2.11. The Hall–Kier alpha value is -5.24. The summed E-state index contributed by atoms with van der Waals surface area (Å²) in [6.45, 7) is 4.08. The van der Waals surface area contributed by atoms with Crippen LogP contribution in [-0.4, -0.2) is 30.6 Å². The van der Waals surface area contributed by atoms with E-state index in [0.29, 0.717) is 34.7 Å². The van der Waals surface area contributed by atoms with Crippen LogP contribution < -0.4 is 20.2 Å². The maximum atomic E-state index is 12.8. The van der Waals surface area contributed by atoms with Crippen LogP contribution in [0.1, 0.15) is 49.1 Å². The van der Waals surface area contributed by atoms with E-state index in [4.69, 9.17) is 9.47 Å². The summed E-state index contributed by atoms with van der Waals surface area (Å²) in [6, 6.07) is 27.4. The Balaban J connectivity index is 1.44. The number of aryl methyl sites for hydroxylation is 1. The molecule has 0 atom stereocenters. The molecule has 4 rings (SSSR count). The molecule has 0 aromatic heterocycles. The molecule has 2 amide bonds. The van der Waals surface area contributed by atoms with Crippen LogP contribution in [0.3, 0.4) is 0 Å². The number of rotatable bonds is 9. The van der Waals surface area contributed by atoms with Crippen LogP contribution in [0.5, 0.6) is 11.5 Å². The third kappa shape index (κ3) is 7.17. The number of hydrazone groups is 1. The summed E-state index contributed by atoms with van der Waals surface area (Å²) in [5.74, 6) is -0.686. The van der Waals surface area contributed by atoms with Crippen LogP contribution >= 0.6 is 0 Å². The Bertz CT molecular complexity index is 1520. The van der Waals surface area contributed by atoms with E-state index in [-0.39, 0.29) is 17.2 Å². The fraction of sp³-hybridized carbons (Fsp3) is 0.0968. The SMILES string of the molecule is CCOc1cc(/C=N\NC(=O)c2ccccc2NC(=O)c2cccc(C)c2)ccc1OC(=O)c1ccccc1. The molecule has 196 valence electrons. The number of nitrogens with one attached hydrogen (secondary N) is 2. The van der Waals surface area contributed by atoms with Gasteiger partial charge >= 0.3 is 5.97 Å². The number of benzene rings is 4. The van der Waals surface area contributed by atoms with Gasteiger partial charge in [0.15, 0.2) is 11.5 Å². The molecular weight excluding hydrogens is 494 g/mol. The molecule has 0 unspecified atom stereocenters. The Morgan fingerprint density at radius 2 is 1.54 bits per heavy atom. The second-order valence-electron chi connectivity index (χ2n) is 8.46. The first-order chi connectivity index (χ1) is 18.9. The highest BCUT2D eigenvalue weighted by molar-refractivity contribution is 6.09. The third-order valence-corrected chi connectivity index (χ3v) is 5.56. The highest BCUT2D eigenvalue weighted by Gasteiger charge is 2.15. The van der Waals surface area contributed by atoms with Crippen LogP contribution in [0.25, 0.3) is 0 Å². The largest absolute Gasteiger partial charge is 0.490 e. The topological polar surface area (TPSA) is 106 Å². The molecular formula is C31H27N3O5. The van der Waals surface area contributed by atoms with Crippen molar-refractivity contribution in [2.45, 2.75) is 13.8 Å². The molecule has 0 heterocycles. The molecule has 0 bridgehead atoms. The molecule has 4 aromatic carbocycles. The fourth-order valence-electron chi connectivity index (χ4n) is 3.69. The molecule has 0 saturated heterocycles. The second-order valence-corrected chi connectivity index (χ2v) is 8.46. The number of carbonyl (C=O) groups is 3. The molecule has 8 nitrogen and oxygen atoms in total. The third-order valence-electron chi connectivity index (χ3n) is 5.56. The summed E-state index contributed by atoms with van der Waals surface area (Å²) in [7, 11) is 0. The number of ether oxygens (including phenoxy) is 2. The van der Waals surface area contributed by atoms with Crippen molar-refractivity contribution < 1.29 is 23.9 Å². The van der Waals surface area contributed by atoms with Crippen LogP contribution in [0, 0.1) is 6.92 Å². The van der Waals surface area contributed by atoms with E-state index in [2.05, 4.69) is 15.8 Å². The zero-order valence-electron chi connectivity index (χ0n) is 21.5. The Morgan fingerprint density at radius 3 is 2.31 bits per heavy atom. The van der Waals surface area contributed by atoms with Gasteiger partial charge in [0, 0.05) is 5.56 Å². The molecule has 0 saturated carbocycles. The Labute approximate surface area is 226 Å². The number of anilines is 1. The number of hydrogen-bond donors (Lipinski definition) is 2. The smallest absolute Gasteiger partial charge is 0.343 e. The van der Waals surface area contributed by atoms with Crippen molar-refractivity contribution >= 4 is 29.7 Å². The van der Waals surface area contributed by atoms with Crippen molar-refractivity contribution in [3.05, 3.63) is 125 Å². The molecule has 0 radical (unpaired) electrons. The molecule has 0 fully saturated rings. The Kier molecular flexibility index (Phi) is 8.82. The van der Waals surface area contributed by atoms with Crippen molar-refractivity contribution in [3.63, 3.8) is 0 Å². The van der Waals surface area contributed by atoms with E-state index >= 15 is 0 Å². The minimum atomic E-state index is -0.501. The Morgan fingerprint density at radius 1 is 0.795 bits per heavy atom. The predicted molar refractivity (Wildman–Crippen MR) is 150 cm³/mol. The summed E-state index contributed by atoms with van der Waals surface area (Å²) in [5, 5.41) is 6.84. The number of para-hydroxylation sites is 1. The lowest BCUT2D eigenvalue weighted by molar-refractivity contribution is 0.0728. The van der Waals surface area contributed by atoms with E-state index in [9.17, 15) is 14.4 Å². The maximum absolute atomic E-state index is 12.8. The van der Waals surface area contributed by atoms with Crippen LogP contribution in [0.15, 0.2) is 102 Å². The number of nitrogens with zero attached hydrogens (tertiary/aromatic N) is 1. The monoisotopic (exact) mass is 521 g/mol. The van der Waals surface area contributed by atoms with Gasteiger partial charge < -0.3 is 14.8 Å². The summed E-state index contributed by atoms with van der Waals surface area (Å²) < 4.78 is 11.2. The molecule has 2 N–H and O–H groups in total. The van der Waals surface area contributed by atoms with Gasteiger partial charge in [-0.2, -0.15) is 5.10 Å². The average molecular weight is 522 g/mol. The van der Waals surface area contributed by atoms with Crippen molar-refractivity contribution in [1.82, 2.24) is 5.43 Å². The number of amides is 2. The van der Waals surface area contributed by atoms with Crippen LogP contribution in [-0.2, 0) is 0 Å². The highest BCUT2D eigenvalue weighted by Crippen LogP contribution is 2.29. The molecule has 4 aromatic rings. The standard InChI is InChI=1S/C31H27N3O5/c1-3-38-28-19-22(16-17-27(28)39-31(37)23-11-5-4-6-12-23)20-32-34-30(36)25-14-7-8-15-26(25)33-29(35)24-13-9-10-21(2)18-24/h4-20H,3H2,1-2H3,(H,33,35)(H,34,36)/b32-20-. The van der Waals surface area contributed by atoms with E-state index in [1.165, 1.54) is 6.21 Å². The molecule has 0 aliphatic heterocycles. The van der Waals surface area contributed by atoms with Crippen molar-refractivity contribution in [3.8, 4) is 11.5 Å². The molecule has 0 aliphatic rings. The van der Waals surface area contributed by atoms with Gasteiger partial charge in [0.05, 0.1) is 29.6 Å². The van der Waals surface area contributed by atoms with E-state index in [1.54, 1.807) is 84.9 Å². The van der Waals surface area contributed by atoms with Crippen LogP contribution in [0.4, 0.5) is 5.69 Å². The lowest BCUT2D eigenvalue weighted by atomic mass is 10.1. The van der Waals surface area contributed by atoms with Crippen molar-refractivity contribution in [1.29, 1.82) is 0 Å². The number of esters is 1.